The summed E-state index contributed by atoms with van der Waals surface area (Å²) in [6, 6.07) is 14.7. The Morgan fingerprint density at radius 2 is 1.83 bits per heavy atom. The van der Waals surface area contributed by atoms with Gasteiger partial charge in [-0.05, 0) is 59.7 Å². The Labute approximate surface area is 139 Å². The molecule has 2 aromatic rings. The number of aromatic hydroxyl groups is 1. The molecule has 1 aliphatic rings. The van der Waals surface area contributed by atoms with Crippen molar-refractivity contribution in [2.45, 2.75) is 13.3 Å². The van der Waals surface area contributed by atoms with Crippen LogP contribution >= 0.6 is 11.8 Å². The third kappa shape index (κ3) is 3.81. The molecule has 0 spiro atoms. The SMILES string of the molecule is CCc1ccc(C=C2SC(=Nc3ccc(O)cc3)NC2=O)cc1. The molecule has 1 saturated heterocycles. The van der Waals surface area contributed by atoms with Gasteiger partial charge in [-0.15, -0.1) is 0 Å². The number of rotatable bonds is 3. The van der Waals surface area contributed by atoms with Gasteiger partial charge >= 0.3 is 0 Å². The second-order valence-corrected chi connectivity index (χ2v) is 6.12. The Bertz CT molecular complexity index is 778. The number of amides is 1. The number of carbonyl (C=O) groups excluding carboxylic acids is 1. The van der Waals surface area contributed by atoms with Gasteiger partial charge in [0.15, 0.2) is 5.17 Å². The molecule has 0 atom stereocenters. The van der Waals surface area contributed by atoms with Crippen molar-refractivity contribution in [2.24, 2.45) is 4.99 Å². The molecular formula is C18H16N2O2S. The van der Waals surface area contributed by atoms with Crippen LogP contribution in [0.25, 0.3) is 6.08 Å². The summed E-state index contributed by atoms with van der Waals surface area (Å²) >= 11 is 1.31. The molecule has 0 unspecified atom stereocenters. The zero-order chi connectivity index (χ0) is 16.2. The van der Waals surface area contributed by atoms with Crippen molar-refractivity contribution < 1.29 is 9.90 Å². The van der Waals surface area contributed by atoms with E-state index in [1.165, 1.54) is 17.3 Å². The molecular weight excluding hydrogens is 308 g/mol. The number of nitrogens with zero attached hydrogens (tertiary/aromatic N) is 1. The van der Waals surface area contributed by atoms with E-state index in [1.54, 1.807) is 24.3 Å². The molecule has 0 radical (unpaired) electrons. The number of phenolic OH excluding ortho intramolecular Hbond substituents is 1. The Balaban J connectivity index is 1.78. The summed E-state index contributed by atoms with van der Waals surface area (Å²) in [5.41, 5.74) is 2.94. The van der Waals surface area contributed by atoms with Crippen molar-refractivity contribution in [3.63, 3.8) is 0 Å². The molecule has 1 aliphatic heterocycles. The van der Waals surface area contributed by atoms with E-state index in [1.807, 2.05) is 18.2 Å². The number of amidine groups is 1. The number of nitrogens with one attached hydrogen (secondary N) is 1. The first kappa shape index (κ1) is 15.4. The summed E-state index contributed by atoms with van der Waals surface area (Å²) in [4.78, 5) is 17.0. The molecule has 1 amide bonds. The van der Waals surface area contributed by atoms with E-state index in [-0.39, 0.29) is 11.7 Å². The van der Waals surface area contributed by atoms with Crippen LogP contribution in [0, 0.1) is 0 Å². The summed E-state index contributed by atoms with van der Waals surface area (Å²) in [7, 11) is 0. The molecule has 0 aliphatic carbocycles. The van der Waals surface area contributed by atoms with Crippen LogP contribution in [0.5, 0.6) is 5.75 Å². The first-order chi connectivity index (χ1) is 11.1. The standard InChI is InChI=1S/C18H16N2O2S/c1-2-12-3-5-13(6-4-12)11-16-17(22)20-18(23-16)19-14-7-9-15(21)10-8-14/h3-11,21H,2H2,1H3,(H,19,20,22). The molecule has 1 heterocycles. The van der Waals surface area contributed by atoms with Crippen molar-refractivity contribution >= 4 is 34.6 Å². The van der Waals surface area contributed by atoms with E-state index in [0.717, 1.165) is 12.0 Å². The highest BCUT2D eigenvalue weighted by molar-refractivity contribution is 8.18. The van der Waals surface area contributed by atoms with E-state index >= 15 is 0 Å². The highest BCUT2D eigenvalue weighted by Gasteiger charge is 2.23. The first-order valence-corrected chi connectivity index (χ1v) is 8.13. The van der Waals surface area contributed by atoms with E-state index in [2.05, 4.69) is 29.4 Å². The Kier molecular flexibility index (Phi) is 4.48. The summed E-state index contributed by atoms with van der Waals surface area (Å²) in [5, 5.41) is 12.6. The summed E-state index contributed by atoms with van der Waals surface area (Å²) in [5.74, 6) is 0.0419. The van der Waals surface area contributed by atoms with Gasteiger partial charge in [0.1, 0.15) is 5.75 Å². The molecule has 1 fully saturated rings. The molecule has 5 heteroatoms. The highest BCUT2D eigenvalue weighted by Crippen LogP contribution is 2.28. The van der Waals surface area contributed by atoms with Crippen molar-refractivity contribution in [3.8, 4) is 5.75 Å². The van der Waals surface area contributed by atoms with Crippen molar-refractivity contribution in [1.82, 2.24) is 5.32 Å². The summed E-state index contributed by atoms with van der Waals surface area (Å²) in [6.45, 7) is 2.11. The van der Waals surface area contributed by atoms with E-state index < -0.39 is 0 Å². The maximum atomic E-state index is 12.0. The van der Waals surface area contributed by atoms with Gasteiger partial charge in [-0.2, -0.15) is 0 Å². The lowest BCUT2D eigenvalue weighted by Gasteiger charge is -1.98. The average Bonchev–Trinajstić information content (AvgIpc) is 2.90. The van der Waals surface area contributed by atoms with E-state index in [4.69, 9.17) is 0 Å². The van der Waals surface area contributed by atoms with Crippen LogP contribution in [-0.2, 0) is 11.2 Å². The van der Waals surface area contributed by atoms with E-state index in [9.17, 15) is 9.90 Å². The number of thioether (sulfide) groups is 1. The number of benzene rings is 2. The fourth-order valence-electron chi connectivity index (χ4n) is 2.13. The number of carbonyl (C=O) groups is 1. The van der Waals surface area contributed by atoms with Gasteiger partial charge in [-0.1, -0.05) is 31.2 Å². The third-order valence-electron chi connectivity index (χ3n) is 3.42. The van der Waals surface area contributed by atoms with Gasteiger partial charge in [0.25, 0.3) is 5.91 Å². The van der Waals surface area contributed by atoms with Gasteiger partial charge < -0.3 is 10.4 Å². The smallest absolute Gasteiger partial charge is 0.264 e. The van der Waals surface area contributed by atoms with Gasteiger partial charge in [-0.25, -0.2) is 4.99 Å². The second kappa shape index (κ2) is 6.71. The zero-order valence-electron chi connectivity index (χ0n) is 12.6. The summed E-state index contributed by atoms with van der Waals surface area (Å²) < 4.78 is 0. The fraction of sp³-hybridized carbons (Fsp3) is 0.111. The van der Waals surface area contributed by atoms with Crippen LogP contribution in [0.2, 0.25) is 0 Å². The molecule has 4 nitrogen and oxygen atoms in total. The Hall–Kier alpha value is -2.53. The topological polar surface area (TPSA) is 61.7 Å². The van der Waals surface area contributed by atoms with Crippen LogP contribution < -0.4 is 5.32 Å². The molecule has 116 valence electrons. The lowest BCUT2D eigenvalue weighted by molar-refractivity contribution is -0.115. The Morgan fingerprint density at radius 1 is 1.13 bits per heavy atom. The predicted molar refractivity (Wildman–Crippen MR) is 94.7 cm³/mol. The lowest BCUT2D eigenvalue weighted by Crippen LogP contribution is -2.19. The molecule has 0 bridgehead atoms. The first-order valence-electron chi connectivity index (χ1n) is 7.31. The molecule has 2 N–H and O–H groups in total. The largest absolute Gasteiger partial charge is 0.508 e. The van der Waals surface area contributed by atoms with Crippen LogP contribution in [0.1, 0.15) is 18.1 Å². The highest BCUT2D eigenvalue weighted by atomic mass is 32.2. The lowest BCUT2D eigenvalue weighted by atomic mass is 10.1. The van der Waals surface area contributed by atoms with Crippen molar-refractivity contribution in [1.29, 1.82) is 0 Å². The van der Waals surface area contributed by atoms with Crippen molar-refractivity contribution in [2.75, 3.05) is 0 Å². The van der Waals surface area contributed by atoms with Gasteiger partial charge in [0.2, 0.25) is 0 Å². The number of phenols is 1. The van der Waals surface area contributed by atoms with Gasteiger partial charge in [-0.3, -0.25) is 4.79 Å². The zero-order valence-corrected chi connectivity index (χ0v) is 13.4. The van der Waals surface area contributed by atoms with Crippen LogP contribution in [-0.4, -0.2) is 16.2 Å². The number of aryl methyl sites for hydroxylation is 1. The summed E-state index contributed by atoms with van der Waals surface area (Å²) in [6.07, 6.45) is 2.86. The number of hydrogen-bond acceptors (Lipinski definition) is 4. The molecule has 0 aromatic heterocycles. The molecule has 3 rings (SSSR count). The van der Waals surface area contributed by atoms with E-state index in [0.29, 0.717) is 15.8 Å². The average molecular weight is 324 g/mol. The molecule has 2 aromatic carbocycles. The predicted octanol–water partition coefficient (Wildman–Crippen LogP) is 3.85. The monoisotopic (exact) mass is 324 g/mol. The minimum absolute atomic E-state index is 0.146. The normalized spacial score (nSPS) is 17.7. The van der Waals surface area contributed by atoms with Crippen molar-refractivity contribution in [3.05, 3.63) is 64.6 Å². The minimum Gasteiger partial charge on any atom is -0.508 e. The van der Waals surface area contributed by atoms with Crippen LogP contribution in [0.4, 0.5) is 5.69 Å². The number of hydrogen-bond donors (Lipinski definition) is 2. The molecule has 23 heavy (non-hydrogen) atoms. The van der Waals surface area contributed by atoms with Gasteiger partial charge in [0.05, 0.1) is 10.6 Å². The van der Waals surface area contributed by atoms with Crippen LogP contribution in [0.15, 0.2) is 58.4 Å². The maximum Gasteiger partial charge on any atom is 0.264 e. The third-order valence-corrected chi connectivity index (χ3v) is 4.33. The second-order valence-electron chi connectivity index (χ2n) is 5.09. The maximum absolute atomic E-state index is 12.0. The molecule has 0 saturated carbocycles. The van der Waals surface area contributed by atoms with Gasteiger partial charge in [0, 0.05) is 0 Å². The number of aliphatic imine (C=N–C) groups is 1. The van der Waals surface area contributed by atoms with Crippen LogP contribution in [0.3, 0.4) is 0 Å². The Morgan fingerprint density at radius 3 is 2.48 bits per heavy atom. The quantitative estimate of drug-likeness (QED) is 0.843. The fourth-order valence-corrected chi connectivity index (χ4v) is 2.97. The minimum atomic E-state index is -0.146.